The molecule has 6 heteroatoms. The molecule has 3 N–H and O–H groups in total. The van der Waals surface area contributed by atoms with Crippen LogP contribution in [0.5, 0.6) is 0 Å². The fourth-order valence-electron chi connectivity index (χ4n) is 1.43. The lowest BCUT2D eigenvalue weighted by atomic mass is 10.2. The SMILES string of the molecule is CCNc1nccc(-c2c[nH]c(C(=O)O)c2)n1. The van der Waals surface area contributed by atoms with Gasteiger partial charge in [0.1, 0.15) is 5.69 Å². The Kier molecular flexibility index (Phi) is 3.04. The molecule has 0 aromatic carbocycles. The van der Waals surface area contributed by atoms with Crippen molar-refractivity contribution in [2.75, 3.05) is 11.9 Å². The number of aromatic nitrogens is 3. The second kappa shape index (κ2) is 4.65. The van der Waals surface area contributed by atoms with Crippen molar-refractivity contribution in [2.24, 2.45) is 0 Å². The van der Waals surface area contributed by atoms with Crippen molar-refractivity contribution < 1.29 is 9.90 Å². The van der Waals surface area contributed by atoms with Gasteiger partial charge in [-0.2, -0.15) is 0 Å². The summed E-state index contributed by atoms with van der Waals surface area (Å²) in [5, 5.41) is 11.8. The van der Waals surface area contributed by atoms with E-state index in [0.29, 0.717) is 11.6 Å². The van der Waals surface area contributed by atoms with Gasteiger partial charge in [-0.3, -0.25) is 0 Å². The minimum absolute atomic E-state index is 0.142. The van der Waals surface area contributed by atoms with Crippen molar-refractivity contribution >= 4 is 11.9 Å². The van der Waals surface area contributed by atoms with Crippen LogP contribution >= 0.6 is 0 Å². The smallest absolute Gasteiger partial charge is 0.352 e. The average molecular weight is 232 g/mol. The van der Waals surface area contributed by atoms with Crippen molar-refractivity contribution in [1.29, 1.82) is 0 Å². The molecule has 0 spiro atoms. The van der Waals surface area contributed by atoms with Gasteiger partial charge >= 0.3 is 5.97 Å². The quantitative estimate of drug-likeness (QED) is 0.744. The molecule has 0 saturated heterocycles. The van der Waals surface area contributed by atoms with Crippen molar-refractivity contribution in [3.05, 3.63) is 30.2 Å². The lowest BCUT2D eigenvalue weighted by Crippen LogP contribution is -2.01. The van der Waals surface area contributed by atoms with Crippen molar-refractivity contribution in [3.8, 4) is 11.3 Å². The highest BCUT2D eigenvalue weighted by molar-refractivity contribution is 5.87. The third-order valence-electron chi connectivity index (χ3n) is 2.20. The van der Waals surface area contributed by atoms with Gasteiger partial charge < -0.3 is 15.4 Å². The zero-order valence-corrected chi connectivity index (χ0v) is 9.27. The number of hydrogen-bond acceptors (Lipinski definition) is 4. The van der Waals surface area contributed by atoms with E-state index >= 15 is 0 Å². The third kappa shape index (κ3) is 2.41. The number of nitrogens with zero attached hydrogens (tertiary/aromatic N) is 2. The van der Waals surface area contributed by atoms with E-state index in [0.717, 1.165) is 12.1 Å². The van der Waals surface area contributed by atoms with Gasteiger partial charge in [0.2, 0.25) is 5.95 Å². The van der Waals surface area contributed by atoms with E-state index in [-0.39, 0.29) is 5.69 Å². The van der Waals surface area contributed by atoms with Crippen molar-refractivity contribution in [1.82, 2.24) is 15.0 Å². The number of carboxylic acid groups (broad SMARTS) is 1. The van der Waals surface area contributed by atoms with E-state index in [1.165, 1.54) is 0 Å². The molecule has 2 aromatic heterocycles. The van der Waals surface area contributed by atoms with E-state index in [9.17, 15) is 4.79 Å². The van der Waals surface area contributed by atoms with Crippen LogP contribution < -0.4 is 5.32 Å². The first-order chi connectivity index (χ1) is 8.20. The zero-order valence-electron chi connectivity index (χ0n) is 9.27. The number of carbonyl (C=O) groups is 1. The molecule has 2 rings (SSSR count). The number of aromatic carboxylic acids is 1. The first-order valence-corrected chi connectivity index (χ1v) is 5.19. The molecule has 88 valence electrons. The van der Waals surface area contributed by atoms with Crippen LogP contribution in [-0.2, 0) is 0 Å². The molecular weight excluding hydrogens is 220 g/mol. The highest BCUT2D eigenvalue weighted by Gasteiger charge is 2.08. The molecule has 0 amide bonds. The van der Waals surface area contributed by atoms with Gasteiger partial charge in [-0.25, -0.2) is 14.8 Å². The van der Waals surface area contributed by atoms with Crippen LogP contribution in [0.25, 0.3) is 11.3 Å². The van der Waals surface area contributed by atoms with Crippen LogP contribution in [0.3, 0.4) is 0 Å². The highest BCUT2D eigenvalue weighted by Crippen LogP contribution is 2.18. The Hall–Kier alpha value is -2.37. The molecule has 2 heterocycles. The Balaban J connectivity index is 2.31. The number of carboxylic acids is 1. The normalized spacial score (nSPS) is 10.2. The first kappa shape index (κ1) is 11.1. The van der Waals surface area contributed by atoms with Gasteiger partial charge in [-0.1, -0.05) is 0 Å². The molecular formula is C11H12N4O2. The Bertz CT molecular complexity index is 536. The maximum absolute atomic E-state index is 10.7. The summed E-state index contributed by atoms with van der Waals surface area (Å²) in [6.45, 7) is 2.69. The Morgan fingerprint density at radius 1 is 1.59 bits per heavy atom. The molecule has 0 fully saturated rings. The molecule has 0 aliphatic carbocycles. The maximum atomic E-state index is 10.7. The van der Waals surface area contributed by atoms with E-state index in [4.69, 9.17) is 5.11 Å². The van der Waals surface area contributed by atoms with Gasteiger partial charge in [-0.05, 0) is 19.1 Å². The molecule has 0 saturated carbocycles. The summed E-state index contributed by atoms with van der Waals surface area (Å²) >= 11 is 0. The minimum atomic E-state index is -0.989. The van der Waals surface area contributed by atoms with Crippen LogP contribution in [0.15, 0.2) is 24.5 Å². The van der Waals surface area contributed by atoms with Crippen molar-refractivity contribution in [3.63, 3.8) is 0 Å². The molecule has 0 radical (unpaired) electrons. The van der Waals surface area contributed by atoms with Gasteiger partial charge in [0.05, 0.1) is 5.69 Å². The second-order valence-corrected chi connectivity index (χ2v) is 3.40. The fourth-order valence-corrected chi connectivity index (χ4v) is 1.43. The van der Waals surface area contributed by atoms with Crippen LogP contribution in [0.1, 0.15) is 17.4 Å². The summed E-state index contributed by atoms with van der Waals surface area (Å²) < 4.78 is 0. The third-order valence-corrected chi connectivity index (χ3v) is 2.20. The maximum Gasteiger partial charge on any atom is 0.352 e. The highest BCUT2D eigenvalue weighted by atomic mass is 16.4. The predicted molar refractivity (Wildman–Crippen MR) is 62.9 cm³/mol. The van der Waals surface area contributed by atoms with Crippen LogP contribution in [0, 0.1) is 0 Å². The van der Waals surface area contributed by atoms with Crippen LogP contribution in [0.2, 0.25) is 0 Å². The van der Waals surface area contributed by atoms with Crippen LogP contribution in [-0.4, -0.2) is 32.6 Å². The fraction of sp³-hybridized carbons (Fsp3) is 0.182. The van der Waals surface area contributed by atoms with Gasteiger partial charge in [0, 0.05) is 24.5 Å². The molecule has 6 nitrogen and oxygen atoms in total. The first-order valence-electron chi connectivity index (χ1n) is 5.19. The largest absolute Gasteiger partial charge is 0.477 e. The Morgan fingerprint density at radius 3 is 3.06 bits per heavy atom. The number of nitrogens with one attached hydrogen (secondary N) is 2. The Morgan fingerprint density at radius 2 is 2.41 bits per heavy atom. The molecule has 0 bridgehead atoms. The number of H-pyrrole nitrogens is 1. The Labute approximate surface area is 97.7 Å². The zero-order chi connectivity index (χ0) is 12.3. The monoisotopic (exact) mass is 232 g/mol. The molecule has 2 aromatic rings. The van der Waals surface area contributed by atoms with E-state index in [2.05, 4.69) is 20.3 Å². The summed E-state index contributed by atoms with van der Waals surface area (Å²) in [5.74, 6) is -0.458. The van der Waals surface area contributed by atoms with E-state index < -0.39 is 5.97 Å². The summed E-state index contributed by atoms with van der Waals surface area (Å²) in [4.78, 5) is 21.7. The average Bonchev–Trinajstić information content (AvgIpc) is 2.79. The van der Waals surface area contributed by atoms with Gasteiger partial charge in [0.25, 0.3) is 0 Å². The number of rotatable bonds is 4. The lowest BCUT2D eigenvalue weighted by molar-refractivity contribution is 0.0691. The van der Waals surface area contributed by atoms with Crippen molar-refractivity contribution in [2.45, 2.75) is 6.92 Å². The molecule has 17 heavy (non-hydrogen) atoms. The molecule has 0 atom stereocenters. The second-order valence-electron chi connectivity index (χ2n) is 3.40. The van der Waals surface area contributed by atoms with E-state index in [1.54, 1.807) is 24.5 Å². The molecule has 0 aliphatic rings. The van der Waals surface area contributed by atoms with Gasteiger partial charge in [-0.15, -0.1) is 0 Å². The summed E-state index contributed by atoms with van der Waals surface area (Å²) in [6, 6.07) is 3.27. The topological polar surface area (TPSA) is 90.9 Å². The number of aromatic amines is 1. The minimum Gasteiger partial charge on any atom is -0.477 e. The molecule has 0 unspecified atom stereocenters. The predicted octanol–water partition coefficient (Wildman–Crippen LogP) is 1.60. The molecule has 0 aliphatic heterocycles. The summed E-state index contributed by atoms with van der Waals surface area (Å²) in [7, 11) is 0. The number of anilines is 1. The van der Waals surface area contributed by atoms with E-state index in [1.807, 2.05) is 6.92 Å². The summed E-state index contributed by atoms with van der Waals surface area (Å²) in [6.07, 6.45) is 3.25. The standard InChI is InChI=1S/C11H12N4O2/c1-2-12-11-13-4-3-8(15-11)7-5-9(10(16)17)14-6-7/h3-6,14H,2H2,1H3,(H,16,17)(H,12,13,15). The van der Waals surface area contributed by atoms with Gasteiger partial charge in [0.15, 0.2) is 0 Å². The number of hydrogen-bond donors (Lipinski definition) is 3. The summed E-state index contributed by atoms with van der Waals surface area (Å²) in [5.41, 5.74) is 1.55. The van der Waals surface area contributed by atoms with Crippen LogP contribution in [0.4, 0.5) is 5.95 Å². The lowest BCUT2D eigenvalue weighted by Gasteiger charge is -2.02.